The molecule has 0 saturated carbocycles. The maximum atomic E-state index is 11.5. The van der Waals surface area contributed by atoms with Crippen LogP contribution in [0.3, 0.4) is 0 Å². The van der Waals surface area contributed by atoms with Crippen LogP contribution in [0.1, 0.15) is 18.1 Å². The summed E-state index contributed by atoms with van der Waals surface area (Å²) in [6.07, 6.45) is 4.54. The van der Waals surface area contributed by atoms with Crippen LogP contribution in [0.15, 0.2) is 52.5 Å². The number of halogens is 1. The zero-order chi connectivity index (χ0) is 19.7. The van der Waals surface area contributed by atoms with Gasteiger partial charge in [-0.25, -0.2) is 13.4 Å². The van der Waals surface area contributed by atoms with Crippen molar-refractivity contribution in [3.8, 4) is 0 Å². The number of sulfone groups is 1. The Balaban J connectivity index is 1.84. The Labute approximate surface area is 166 Å². The van der Waals surface area contributed by atoms with Gasteiger partial charge in [-0.05, 0) is 49.1 Å². The Kier molecular flexibility index (Phi) is 8.06. The van der Waals surface area contributed by atoms with E-state index in [0.717, 1.165) is 43.0 Å². The topological polar surface area (TPSA) is 83.5 Å². The second kappa shape index (κ2) is 10.3. The van der Waals surface area contributed by atoms with E-state index < -0.39 is 9.84 Å². The Morgan fingerprint density at radius 3 is 2.37 bits per heavy atom. The molecule has 6 nitrogen and oxygen atoms in total. The molecule has 0 amide bonds. The zero-order valence-corrected chi connectivity index (χ0v) is 17.1. The molecule has 1 aromatic heterocycles. The summed E-state index contributed by atoms with van der Waals surface area (Å²) in [5.41, 5.74) is 2.16. The molecule has 27 heavy (non-hydrogen) atoms. The highest BCUT2D eigenvalue weighted by molar-refractivity contribution is 7.90. The van der Waals surface area contributed by atoms with Crippen molar-refractivity contribution >= 4 is 27.4 Å². The molecule has 146 valence electrons. The van der Waals surface area contributed by atoms with Crippen LogP contribution in [0.2, 0.25) is 5.15 Å². The number of nitrogens with one attached hydrogen (secondary N) is 2. The minimum Gasteiger partial charge on any atom is -0.357 e. The lowest BCUT2D eigenvalue weighted by Crippen LogP contribution is -2.38. The van der Waals surface area contributed by atoms with Crippen molar-refractivity contribution in [2.24, 2.45) is 4.99 Å². The molecule has 0 fully saturated rings. The van der Waals surface area contributed by atoms with Crippen molar-refractivity contribution in [1.29, 1.82) is 0 Å². The molecule has 2 rings (SSSR count). The van der Waals surface area contributed by atoms with Crippen LogP contribution in [0.4, 0.5) is 0 Å². The molecule has 0 radical (unpaired) electrons. The summed E-state index contributed by atoms with van der Waals surface area (Å²) in [5, 5.41) is 7.01. The summed E-state index contributed by atoms with van der Waals surface area (Å²) >= 11 is 5.79. The van der Waals surface area contributed by atoms with Crippen LogP contribution in [-0.2, 0) is 22.7 Å². The first kappa shape index (κ1) is 21.2. The van der Waals surface area contributed by atoms with E-state index in [-0.39, 0.29) is 0 Å². The molecule has 1 aromatic carbocycles. The summed E-state index contributed by atoms with van der Waals surface area (Å²) in [5.74, 6) is 0.757. The van der Waals surface area contributed by atoms with Gasteiger partial charge < -0.3 is 10.6 Å². The second-order valence-electron chi connectivity index (χ2n) is 6.09. The molecule has 0 saturated heterocycles. The Morgan fingerprint density at radius 2 is 1.78 bits per heavy atom. The van der Waals surface area contributed by atoms with Crippen molar-refractivity contribution in [3.63, 3.8) is 0 Å². The lowest BCUT2D eigenvalue weighted by atomic mass is 10.1. The van der Waals surface area contributed by atoms with E-state index >= 15 is 0 Å². The third-order valence-corrected chi connectivity index (χ3v) is 5.21. The fourth-order valence-corrected chi connectivity index (χ4v) is 3.16. The van der Waals surface area contributed by atoms with E-state index in [2.05, 4.69) is 20.6 Å². The smallest absolute Gasteiger partial charge is 0.191 e. The molecule has 0 atom stereocenters. The third kappa shape index (κ3) is 7.56. The molecule has 2 N–H and O–H groups in total. The molecule has 1 heterocycles. The summed E-state index contributed by atoms with van der Waals surface area (Å²) in [7, 11) is -3.16. The van der Waals surface area contributed by atoms with Gasteiger partial charge in [0.15, 0.2) is 15.8 Å². The summed E-state index contributed by atoms with van der Waals surface area (Å²) in [6.45, 7) is 4.13. The van der Waals surface area contributed by atoms with E-state index in [1.165, 1.54) is 6.26 Å². The highest BCUT2D eigenvalue weighted by Crippen LogP contribution is 2.10. The Bertz CT molecular complexity index is 850. The first-order valence-corrected chi connectivity index (χ1v) is 11.1. The minimum absolute atomic E-state index is 0.335. The second-order valence-corrected chi connectivity index (χ2v) is 8.50. The van der Waals surface area contributed by atoms with Gasteiger partial charge in [-0.15, -0.1) is 0 Å². The molecule has 0 aliphatic rings. The number of pyridine rings is 1. The lowest BCUT2D eigenvalue weighted by molar-refractivity contribution is 0.602. The van der Waals surface area contributed by atoms with Gasteiger partial charge in [0.25, 0.3) is 0 Å². The van der Waals surface area contributed by atoms with Gasteiger partial charge in [-0.2, -0.15) is 0 Å². The molecule has 0 aliphatic heterocycles. The summed E-state index contributed by atoms with van der Waals surface area (Å²) < 4.78 is 23.0. The largest absolute Gasteiger partial charge is 0.357 e. The monoisotopic (exact) mass is 408 g/mol. The van der Waals surface area contributed by atoms with Crippen LogP contribution in [0, 0.1) is 0 Å². The number of hydrogen-bond donors (Lipinski definition) is 2. The van der Waals surface area contributed by atoms with Gasteiger partial charge in [-0.3, -0.25) is 4.99 Å². The van der Waals surface area contributed by atoms with E-state index in [1.54, 1.807) is 24.4 Å². The highest BCUT2D eigenvalue weighted by Gasteiger charge is 2.06. The average Bonchev–Trinajstić information content (AvgIpc) is 2.63. The van der Waals surface area contributed by atoms with Crippen LogP contribution in [0.5, 0.6) is 0 Å². The molecule has 0 spiro atoms. The SMILES string of the molecule is CCNC(=NCCc1ccc(S(C)(=O)=O)cc1)NCCc1ccc(Cl)nc1. The maximum Gasteiger partial charge on any atom is 0.191 e. The highest BCUT2D eigenvalue weighted by atomic mass is 35.5. The molecule has 0 bridgehead atoms. The Morgan fingerprint density at radius 1 is 1.07 bits per heavy atom. The lowest BCUT2D eigenvalue weighted by Gasteiger charge is -2.11. The molecule has 0 aliphatic carbocycles. The van der Waals surface area contributed by atoms with Crippen molar-refractivity contribution in [3.05, 3.63) is 58.9 Å². The van der Waals surface area contributed by atoms with Gasteiger partial charge in [-0.1, -0.05) is 29.8 Å². The number of aromatic nitrogens is 1. The van der Waals surface area contributed by atoms with Gasteiger partial charge in [0.1, 0.15) is 5.15 Å². The average molecular weight is 409 g/mol. The van der Waals surface area contributed by atoms with Gasteiger partial charge in [0, 0.05) is 32.1 Å². The first-order chi connectivity index (χ1) is 12.9. The predicted molar refractivity (Wildman–Crippen MR) is 110 cm³/mol. The van der Waals surface area contributed by atoms with E-state index in [4.69, 9.17) is 11.6 Å². The maximum absolute atomic E-state index is 11.5. The fourth-order valence-electron chi connectivity index (χ4n) is 2.42. The minimum atomic E-state index is -3.16. The molecule has 8 heteroatoms. The molecule has 0 unspecified atom stereocenters. The fraction of sp³-hybridized carbons (Fsp3) is 0.368. The van der Waals surface area contributed by atoms with E-state index in [1.807, 2.05) is 25.1 Å². The van der Waals surface area contributed by atoms with Gasteiger partial charge in [0.2, 0.25) is 0 Å². The van der Waals surface area contributed by atoms with Crippen molar-refractivity contribution < 1.29 is 8.42 Å². The number of benzene rings is 1. The van der Waals surface area contributed by atoms with Crippen LogP contribution >= 0.6 is 11.6 Å². The predicted octanol–water partition coefficient (Wildman–Crippen LogP) is 2.48. The van der Waals surface area contributed by atoms with Crippen LogP contribution in [0.25, 0.3) is 0 Å². The van der Waals surface area contributed by atoms with Crippen molar-refractivity contribution in [2.75, 3.05) is 25.9 Å². The standard InChI is InChI=1S/C19H25ClN4O2S/c1-3-21-19(23-13-11-16-6-9-18(20)24-14-16)22-12-10-15-4-7-17(8-5-15)27(2,25)26/h4-9,14H,3,10-13H2,1-2H3,(H2,21,22,23). The first-order valence-electron chi connectivity index (χ1n) is 8.80. The molecule has 2 aromatic rings. The van der Waals surface area contributed by atoms with Gasteiger partial charge >= 0.3 is 0 Å². The summed E-state index contributed by atoms with van der Waals surface area (Å²) in [6, 6.07) is 10.7. The van der Waals surface area contributed by atoms with Crippen molar-refractivity contribution in [1.82, 2.24) is 15.6 Å². The van der Waals surface area contributed by atoms with Crippen LogP contribution < -0.4 is 10.6 Å². The van der Waals surface area contributed by atoms with Gasteiger partial charge in [0.05, 0.1) is 4.90 Å². The number of nitrogens with zero attached hydrogens (tertiary/aromatic N) is 2. The van der Waals surface area contributed by atoms with Crippen molar-refractivity contribution in [2.45, 2.75) is 24.7 Å². The van der Waals surface area contributed by atoms with E-state index in [0.29, 0.717) is 16.6 Å². The zero-order valence-electron chi connectivity index (χ0n) is 15.6. The molecular weight excluding hydrogens is 384 g/mol. The molecular formula is C19H25ClN4O2S. The normalized spacial score (nSPS) is 12.0. The number of aliphatic imine (C=N–C) groups is 1. The number of guanidine groups is 1. The third-order valence-electron chi connectivity index (χ3n) is 3.86. The summed E-state index contributed by atoms with van der Waals surface area (Å²) in [4.78, 5) is 8.97. The number of hydrogen-bond acceptors (Lipinski definition) is 4. The van der Waals surface area contributed by atoms with Crippen LogP contribution in [-0.4, -0.2) is 45.3 Å². The quantitative estimate of drug-likeness (QED) is 0.398. The number of rotatable bonds is 8. The van der Waals surface area contributed by atoms with E-state index in [9.17, 15) is 8.42 Å². The Hall–Kier alpha value is -2.12.